The molecule has 1 aliphatic carbocycles. The molecule has 2 N–H and O–H groups in total. The number of anilines is 1. The van der Waals surface area contributed by atoms with Gasteiger partial charge in [0.15, 0.2) is 0 Å². The summed E-state index contributed by atoms with van der Waals surface area (Å²) in [6.45, 7) is 0. The van der Waals surface area contributed by atoms with Crippen LogP contribution in [0, 0.1) is 5.41 Å². The lowest BCUT2D eigenvalue weighted by atomic mass is 10.1. The first-order valence-corrected chi connectivity index (χ1v) is 8.18. The largest absolute Gasteiger partial charge is 0.469 e. The van der Waals surface area contributed by atoms with Crippen LogP contribution in [0.25, 0.3) is 0 Å². The second kappa shape index (κ2) is 6.18. The van der Waals surface area contributed by atoms with Crippen molar-refractivity contribution in [2.24, 2.45) is 5.41 Å². The fourth-order valence-electron chi connectivity index (χ4n) is 2.02. The highest BCUT2D eigenvalue weighted by Gasteiger charge is 2.44. The van der Waals surface area contributed by atoms with Crippen LogP contribution in [0.1, 0.15) is 24.8 Å². The normalized spacial score (nSPS) is 16.1. The summed E-state index contributed by atoms with van der Waals surface area (Å²) in [5, 5.41) is 0. The van der Waals surface area contributed by atoms with E-state index in [1.165, 1.54) is 12.7 Å². The number of nitrogen functional groups attached to an aromatic ring is 1. The summed E-state index contributed by atoms with van der Waals surface area (Å²) in [4.78, 5) is 11.3. The summed E-state index contributed by atoms with van der Waals surface area (Å²) in [5.74, 6) is 1.82. The van der Waals surface area contributed by atoms with Gasteiger partial charge in [0.25, 0.3) is 0 Å². The monoisotopic (exact) mass is 343 g/mol. The zero-order chi connectivity index (χ0) is 13.9. The lowest BCUT2D eigenvalue weighted by molar-refractivity contribution is -0.141. The molecule has 3 nitrogen and oxygen atoms in total. The highest BCUT2D eigenvalue weighted by molar-refractivity contribution is 9.10. The topological polar surface area (TPSA) is 52.3 Å². The number of thioether (sulfide) groups is 1. The SMILES string of the molecule is COC(=O)CC1(CSCc2cccc(N)c2Br)CC1. The fourth-order valence-corrected chi connectivity index (χ4v) is 3.99. The second-order valence-corrected chi connectivity index (χ2v) is 6.84. The van der Waals surface area contributed by atoms with Crippen molar-refractivity contribution in [3.8, 4) is 0 Å². The van der Waals surface area contributed by atoms with E-state index in [0.717, 1.165) is 34.5 Å². The highest BCUT2D eigenvalue weighted by atomic mass is 79.9. The number of nitrogens with two attached hydrogens (primary N) is 1. The minimum atomic E-state index is -0.0942. The fraction of sp³-hybridized carbons (Fsp3) is 0.500. The summed E-state index contributed by atoms with van der Waals surface area (Å²) in [7, 11) is 1.45. The molecule has 0 heterocycles. The van der Waals surface area contributed by atoms with E-state index in [0.29, 0.717) is 6.42 Å². The Balaban J connectivity index is 1.84. The number of carbonyl (C=O) groups is 1. The Morgan fingerprint density at radius 2 is 2.26 bits per heavy atom. The van der Waals surface area contributed by atoms with E-state index in [1.807, 2.05) is 23.9 Å². The second-order valence-electron chi connectivity index (χ2n) is 5.07. The Hall–Kier alpha value is -0.680. The third-order valence-corrected chi connectivity index (χ3v) is 5.78. The van der Waals surface area contributed by atoms with Crippen molar-refractivity contribution in [3.63, 3.8) is 0 Å². The number of carbonyl (C=O) groups excluding carboxylic acids is 1. The number of benzene rings is 1. The third-order valence-electron chi connectivity index (χ3n) is 3.48. The summed E-state index contributed by atoms with van der Waals surface area (Å²) >= 11 is 5.37. The van der Waals surface area contributed by atoms with Crippen LogP contribution < -0.4 is 5.73 Å². The van der Waals surface area contributed by atoms with Crippen molar-refractivity contribution in [1.82, 2.24) is 0 Å². The van der Waals surface area contributed by atoms with Gasteiger partial charge in [-0.25, -0.2) is 0 Å². The summed E-state index contributed by atoms with van der Waals surface area (Å²) in [5.41, 5.74) is 8.02. The Labute approximate surface area is 126 Å². The van der Waals surface area contributed by atoms with Gasteiger partial charge < -0.3 is 10.5 Å². The first kappa shape index (κ1) is 14.7. The van der Waals surface area contributed by atoms with Gasteiger partial charge in [-0.3, -0.25) is 4.79 Å². The van der Waals surface area contributed by atoms with Gasteiger partial charge in [-0.1, -0.05) is 12.1 Å². The lowest BCUT2D eigenvalue weighted by Crippen LogP contribution is -2.13. The zero-order valence-corrected chi connectivity index (χ0v) is 13.4. The molecule has 1 aromatic rings. The van der Waals surface area contributed by atoms with Crippen molar-refractivity contribution < 1.29 is 9.53 Å². The molecule has 19 heavy (non-hydrogen) atoms. The maximum absolute atomic E-state index is 11.3. The van der Waals surface area contributed by atoms with Gasteiger partial charge in [-0.05, 0) is 51.6 Å². The summed E-state index contributed by atoms with van der Waals surface area (Å²) in [6, 6.07) is 5.93. The number of halogens is 1. The molecular formula is C14H18BrNO2S. The molecule has 0 unspecified atom stereocenters. The molecule has 0 atom stereocenters. The van der Waals surface area contributed by atoms with E-state index in [9.17, 15) is 4.79 Å². The van der Waals surface area contributed by atoms with Crippen molar-refractivity contribution in [2.45, 2.75) is 25.0 Å². The van der Waals surface area contributed by atoms with Gasteiger partial charge in [0, 0.05) is 15.9 Å². The van der Waals surface area contributed by atoms with Crippen LogP contribution in [-0.2, 0) is 15.3 Å². The summed E-state index contributed by atoms with van der Waals surface area (Å²) in [6.07, 6.45) is 2.81. The predicted molar refractivity (Wildman–Crippen MR) is 83.0 cm³/mol. The van der Waals surface area contributed by atoms with Crippen molar-refractivity contribution in [3.05, 3.63) is 28.2 Å². The first-order chi connectivity index (χ1) is 9.06. The smallest absolute Gasteiger partial charge is 0.306 e. The van der Waals surface area contributed by atoms with Gasteiger partial charge in [0.05, 0.1) is 13.5 Å². The molecule has 1 aliphatic rings. The van der Waals surface area contributed by atoms with Crippen LogP contribution in [0.4, 0.5) is 5.69 Å². The van der Waals surface area contributed by atoms with Crippen LogP contribution in [0.3, 0.4) is 0 Å². The number of hydrogen-bond donors (Lipinski definition) is 1. The maximum atomic E-state index is 11.3. The van der Waals surface area contributed by atoms with E-state index >= 15 is 0 Å². The van der Waals surface area contributed by atoms with Gasteiger partial charge >= 0.3 is 5.97 Å². The molecule has 0 bridgehead atoms. The highest BCUT2D eigenvalue weighted by Crippen LogP contribution is 2.51. The molecule has 0 saturated heterocycles. The third kappa shape index (κ3) is 3.89. The standard InChI is InChI=1S/C14H18BrNO2S/c1-18-12(17)7-14(5-6-14)9-19-8-10-3-2-4-11(16)13(10)15/h2-4H,5-9,16H2,1H3. The molecule has 0 aliphatic heterocycles. The number of esters is 1. The molecule has 0 aromatic heterocycles. The Bertz CT molecular complexity index is 475. The molecule has 1 fully saturated rings. The maximum Gasteiger partial charge on any atom is 0.306 e. The summed E-state index contributed by atoms with van der Waals surface area (Å²) < 4.78 is 5.74. The molecule has 1 saturated carbocycles. The zero-order valence-electron chi connectivity index (χ0n) is 10.9. The van der Waals surface area contributed by atoms with Crippen molar-refractivity contribution in [1.29, 1.82) is 0 Å². The Morgan fingerprint density at radius 3 is 2.89 bits per heavy atom. The van der Waals surface area contributed by atoms with Crippen LogP contribution in [0.5, 0.6) is 0 Å². The van der Waals surface area contributed by atoms with Gasteiger partial charge in [0.1, 0.15) is 0 Å². The van der Waals surface area contributed by atoms with E-state index in [4.69, 9.17) is 10.5 Å². The molecule has 1 aromatic carbocycles. The first-order valence-electron chi connectivity index (χ1n) is 6.24. The van der Waals surface area contributed by atoms with Crippen LogP contribution >= 0.6 is 27.7 Å². The van der Waals surface area contributed by atoms with Crippen molar-refractivity contribution in [2.75, 3.05) is 18.6 Å². The number of methoxy groups -OCH3 is 1. The van der Waals surface area contributed by atoms with Crippen LogP contribution in [-0.4, -0.2) is 18.8 Å². The molecular weight excluding hydrogens is 326 g/mol. The molecule has 0 amide bonds. The van der Waals surface area contributed by atoms with E-state index in [1.54, 1.807) is 0 Å². The molecule has 104 valence electrons. The number of hydrogen-bond acceptors (Lipinski definition) is 4. The van der Waals surface area contributed by atoms with E-state index in [-0.39, 0.29) is 11.4 Å². The van der Waals surface area contributed by atoms with Gasteiger partial charge in [0.2, 0.25) is 0 Å². The van der Waals surface area contributed by atoms with E-state index < -0.39 is 0 Å². The van der Waals surface area contributed by atoms with Gasteiger partial charge in [-0.2, -0.15) is 11.8 Å². The van der Waals surface area contributed by atoms with Crippen LogP contribution in [0.2, 0.25) is 0 Å². The number of ether oxygens (including phenoxy) is 1. The molecule has 5 heteroatoms. The lowest BCUT2D eigenvalue weighted by Gasteiger charge is -2.13. The predicted octanol–water partition coefficient (Wildman–Crippen LogP) is 3.61. The molecule has 2 rings (SSSR count). The average molecular weight is 344 g/mol. The minimum Gasteiger partial charge on any atom is -0.469 e. The quantitative estimate of drug-likeness (QED) is 0.633. The Morgan fingerprint density at radius 1 is 1.53 bits per heavy atom. The Kier molecular flexibility index (Phi) is 4.79. The molecule has 0 radical (unpaired) electrons. The van der Waals surface area contributed by atoms with Crippen LogP contribution in [0.15, 0.2) is 22.7 Å². The average Bonchev–Trinajstić information content (AvgIpc) is 3.14. The number of rotatable bonds is 6. The van der Waals surface area contributed by atoms with Gasteiger partial charge in [-0.15, -0.1) is 0 Å². The minimum absolute atomic E-state index is 0.0942. The molecule has 0 spiro atoms. The van der Waals surface area contributed by atoms with E-state index in [2.05, 4.69) is 22.0 Å². The van der Waals surface area contributed by atoms with Crippen molar-refractivity contribution >= 4 is 39.3 Å².